The van der Waals surface area contributed by atoms with Crippen molar-refractivity contribution < 1.29 is 4.39 Å². The second kappa shape index (κ2) is 5.72. The Morgan fingerprint density at radius 3 is 2.42 bits per heavy atom. The van der Waals surface area contributed by atoms with Gasteiger partial charge in [0.05, 0.1) is 6.04 Å². The van der Waals surface area contributed by atoms with Crippen molar-refractivity contribution >= 4 is 11.6 Å². The minimum absolute atomic E-state index is 0.242. The molecule has 0 aliphatic carbocycles. The largest absolute Gasteiger partial charge is 0.309 e. The monoisotopic (exact) mass is 277 g/mol. The molecule has 0 bridgehead atoms. The number of benzene rings is 2. The number of hydrogen-bond acceptors (Lipinski definition) is 1. The molecule has 0 heterocycles. The highest BCUT2D eigenvalue weighted by molar-refractivity contribution is 6.31. The molecule has 0 aliphatic heterocycles. The van der Waals surface area contributed by atoms with Crippen LogP contribution in [0.1, 0.15) is 28.3 Å². The third-order valence-corrected chi connectivity index (χ3v) is 3.86. The van der Waals surface area contributed by atoms with Gasteiger partial charge in [-0.05, 0) is 49.7 Å². The molecule has 0 spiro atoms. The van der Waals surface area contributed by atoms with Crippen LogP contribution < -0.4 is 5.32 Å². The Morgan fingerprint density at radius 2 is 1.79 bits per heavy atom. The maximum Gasteiger partial charge on any atom is 0.129 e. The first kappa shape index (κ1) is 14.0. The first-order chi connectivity index (χ1) is 9.06. The van der Waals surface area contributed by atoms with Gasteiger partial charge in [-0.2, -0.15) is 0 Å². The number of halogens is 2. The minimum Gasteiger partial charge on any atom is -0.309 e. The van der Waals surface area contributed by atoms with E-state index in [0.717, 1.165) is 11.1 Å². The predicted octanol–water partition coefficient (Wildman–Crippen LogP) is 4.40. The number of aryl methyl sites for hydroxylation is 1. The van der Waals surface area contributed by atoms with Crippen LogP contribution in [0.2, 0.25) is 5.02 Å². The molecule has 3 heteroatoms. The number of hydrogen-bond donors (Lipinski definition) is 1. The smallest absolute Gasteiger partial charge is 0.129 e. The van der Waals surface area contributed by atoms with Crippen LogP contribution in [0, 0.1) is 19.7 Å². The third kappa shape index (κ3) is 2.65. The van der Waals surface area contributed by atoms with Crippen LogP contribution in [0.4, 0.5) is 4.39 Å². The molecule has 1 unspecified atom stereocenters. The van der Waals surface area contributed by atoms with Crippen molar-refractivity contribution in [1.82, 2.24) is 5.32 Å². The van der Waals surface area contributed by atoms with E-state index >= 15 is 0 Å². The second-order valence-corrected chi connectivity index (χ2v) is 5.05. The fraction of sp³-hybridized carbons (Fsp3) is 0.250. The van der Waals surface area contributed by atoms with Crippen LogP contribution in [0.3, 0.4) is 0 Å². The lowest BCUT2D eigenvalue weighted by Crippen LogP contribution is -2.20. The summed E-state index contributed by atoms with van der Waals surface area (Å²) in [5.74, 6) is -0.284. The van der Waals surface area contributed by atoms with E-state index in [1.54, 1.807) is 12.1 Å². The van der Waals surface area contributed by atoms with Gasteiger partial charge in [-0.15, -0.1) is 0 Å². The van der Waals surface area contributed by atoms with Crippen LogP contribution in [0.5, 0.6) is 0 Å². The van der Waals surface area contributed by atoms with Crippen molar-refractivity contribution in [1.29, 1.82) is 0 Å². The summed E-state index contributed by atoms with van der Waals surface area (Å²) >= 11 is 6.17. The quantitative estimate of drug-likeness (QED) is 0.876. The molecule has 19 heavy (non-hydrogen) atoms. The molecule has 0 aromatic heterocycles. The molecule has 1 atom stereocenters. The van der Waals surface area contributed by atoms with Gasteiger partial charge in [-0.1, -0.05) is 35.9 Å². The molecule has 0 fully saturated rings. The summed E-state index contributed by atoms with van der Waals surface area (Å²) in [6.45, 7) is 4.10. The highest BCUT2D eigenvalue weighted by Crippen LogP contribution is 2.32. The summed E-state index contributed by atoms with van der Waals surface area (Å²) in [6, 6.07) is 10.6. The van der Waals surface area contributed by atoms with Gasteiger partial charge >= 0.3 is 0 Å². The summed E-state index contributed by atoms with van der Waals surface area (Å²) < 4.78 is 14.1. The van der Waals surface area contributed by atoms with Gasteiger partial charge in [0, 0.05) is 10.6 Å². The fourth-order valence-electron chi connectivity index (χ4n) is 2.33. The van der Waals surface area contributed by atoms with Crippen LogP contribution in [0.25, 0.3) is 0 Å². The minimum atomic E-state index is -0.284. The average Bonchev–Trinajstić information content (AvgIpc) is 2.38. The molecule has 1 N–H and O–H groups in total. The SMILES string of the molecule is CNC(c1cccc(C)c1C)c1c(F)cccc1Cl. The normalized spacial score (nSPS) is 12.5. The molecule has 0 radical (unpaired) electrons. The molecule has 2 aromatic carbocycles. The molecule has 2 aromatic rings. The first-order valence-corrected chi connectivity index (χ1v) is 6.61. The second-order valence-electron chi connectivity index (χ2n) is 4.65. The number of nitrogens with one attached hydrogen (secondary N) is 1. The van der Waals surface area contributed by atoms with E-state index in [1.807, 2.05) is 26.1 Å². The van der Waals surface area contributed by atoms with E-state index in [1.165, 1.54) is 11.6 Å². The Bertz CT molecular complexity index is 575. The highest BCUT2D eigenvalue weighted by Gasteiger charge is 2.21. The zero-order chi connectivity index (χ0) is 14.0. The molecule has 0 saturated carbocycles. The van der Waals surface area contributed by atoms with Crippen molar-refractivity contribution in [3.05, 3.63) is 69.5 Å². The topological polar surface area (TPSA) is 12.0 Å². The maximum atomic E-state index is 14.1. The van der Waals surface area contributed by atoms with Gasteiger partial charge < -0.3 is 5.32 Å². The lowest BCUT2D eigenvalue weighted by atomic mass is 9.92. The summed E-state index contributed by atoms with van der Waals surface area (Å²) in [5, 5.41) is 3.60. The summed E-state index contributed by atoms with van der Waals surface area (Å²) in [4.78, 5) is 0. The summed E-state index contributed by atoms with van der Waals surface area (Å²) in [5.41, 5.74) is 3.89. The fourth-order valence-corrected chi connectivity index (χ4v) is 2.60. The van der Waals surface area contributed by atoms with E-state index in [0.29, 0.717) is 10.6 Å². The number of rotatable bonds is 3. The molecular weight excluding hydrogens is 261 g/mol. The lowest BCUT2D eigenvalue weighted by Gasteiger charge is -2.22. The van der Waals surface area contributed by atoms with Gasteiger partial charge in [-0.3, -0.25) is 0 Å². The first-order valence-electron chi connectivity index (χ1n) is 6.23. The van der Waals surface area contributed by atoms with Crippen molar-refractivity contribution in [2.75, 3.05) is 7.05 Å². The summed E-state index contributed by atoms with van der Waals surface area (Å²) in [6.07, 6.45) is 0. The summed E-state index contributed by atoms with van der Waals surface area (Å²) in [7, 11) is 1.81. The molecule has 0 amide bonds. The van der Waals surface area contributed by atoms with Crippen molar-refractivity contribution in [2.45, 2.75) is 19.9 Å². The molecule has 0 saturated heterocycles. The Hall–Kier alpha value is -1.38. The molecule has 100 valence electrons. The van der Waals surface area contributed by atoms with Crippen LogP contribution in [-0.2, 0) is 0 Å². The van der Waals surface area contributed by atoms with E-state index in [-0.39, 0.29) is 11.9 Å². The van der Waals surface area contributed by atoms with E-state index < -0.39 is 0 Å². The molecule has 2 rings (SSSR count). The van der Waals surface area contributed by atoms with Gasteiger partial charge in [0.2, 0.25) is 0 Å². The van der Waals surface area contributed by atoms with Crippen LogP contribution in [-0.4, -0.2) is 7.05 Å². The zero-order valence-corrected chi connectivity index (χ0v) is 12.1. The molecule has 1 nitrogen and oxygen atoms in total. The van der Waals surface area contributed by atoms with Crippen molar-refractivity contribution in [3.8, 4) is 0 Å². The third-order valence-electron chi connectivity index (χ3n) is 3.53. The Labute approximate surface area is 118 Å². The van der Waals surface area contributed by atoms with Crippen LogP contribution >= 0.6 is 11.6 Å². The Kier molecular flexibility index (Phi) is 4.23. The van der Waals surface area contributed by atoms with E-state index in [9.17, 15) is 4.39 Å². The van der Waals surface area contributed by atoms with Gasteiger partial charge in [0.1, 0.15) is 5.82 Å². The molecular formula is C16H17ClFN. The standard InChI is InChI=1S/C16H17ClFN/c1-10-6-4-7-12(11(10)2)16(19-3)15-13(17)8-5-9-14(15)18/h4-9,16,19H,1-3H3. The molecule has 0 aliphatic rings. The maximum absolute atomic E-state index is 14.1. The van der Waals surface area contributed by atoms with Crippen molar-refractivity contribution in [2.24, 2.45) is 0 Å². The zero-order valence-electron chi connectivity index (χ0n) is 11.3. The lowest BCUT2D eigenvalue weighted by molar-refractivity contribution is 0.575. The van der Waals surface area contributed by atoms with E-state index in [4.69, 9.17) is 11.6 Å². The van der Waals surface area contributed by atoms with Gasteiger partial charge in [-0.25, -0.2) is 4.39 Å². The highest BCUT2D eigenvalue weighted by atomic mass is 35.5. The van der Waals surface area contributed by atoms with Gasteiger partial charge in [0.25, 0.3) is 0 Å². The Morgan fingerprint density at radius 1 is 1.11 bits per heavy atom. The van der Waals surface area contributed by atoms with E-state index in [2.05, 4.69) is 18.3 Å². The Balaban J connectivity index is 2.60. The van der Waals surface area contributed by atoms with Crippen LogP contribution in [0.15, 0.2) is 36.4 Å². The average molecular weight is 278 g/mol. The van der Waals surface area contributed by atoms with Gasteiger partial charge in [0.15, 0.2) is 0 Å². The van der Waals surface area contributed by atoms with Crippen molar-refractivity contribution in [3.63, 3.8) is 0 Å². The predicted molar refractivity (Wildman–Crippen MR) is 78.2 cm³/mol.